The molecule has 0 heterocycles. The Bertz CT molecular complexity index is 863. The van der Waals surface area contributed by atoms with Gasteiger partial charge >= 0.3 is 0 Å². The zero-order valence-corrected chi connectivity index (χ0v) is 13.3. The highest BCUT2D eigenvalue weighted by atomic mass is 14.2. The second-order valence-electron chi connectivity index (χ2n) is 6.06. The third-order valence-electron chi connectivity index (χ3n) is 4.06. The van der Waals surface area contributed by atoms with Crippen molar-refractivity contribution < 1.29 is 0 Å². The van der Waals surface area contributed by atoms with Gasteiger partial charge in [0, 0.05) is 5.41 Å². The molecule has 1 aliphatic carbocycles. The van der Waals surface area contributed by atoms with Crippen molar-refractivity contribution in [2.45, 2.75) is 27.7 Å². The molecule has 106 valence electrons. The number of rotatable bonds is 0. The van der Waals surface area contributed by atoms with Gasteiger partial charge in [0.25, 0.3) is 0 Å². The molecule has 0 saturated heterocycles. The number of hydrogen-bond donors (Lipinski definition) is 0. The van der Waals surface area contributed by atoms with Gasteiger partial charge in [-0.25, -0.2) is 0 Å². The van der Waals surface area contributed by atoms with Gasteiger partial charge in [0.1, 0.15) is 0 Å². The van der Waals surface area contributed by atoms with E-state index in [1.165, 1.54) is 32.3 Å². The summed E-state index contributed by atoms with van der Waals surface area (Å²) in [4.78, 5) is 0. The van der Waals surface area contributed by atoms with Crippen LogP contribution >= 0.6 is 0 Å². The lowest BCUT2D eigenvalue weighted by Crippen LogP contribution is -2.10. The highest BCUT2D eigenvalue weighted by Gasteiger charge is 2.15. The van der Waals surface area contributed by atoms with Crippen molar-refractivity contribution in [2.24, 2.45) is 5.41 Å². The lowest BCUT2D eigenvalue weighted by Gasteiger charge is -2.13. The SMILES string of the molecule is CC.CC1(C)C=Cc2ccc3cccc4ccc(c2c34)=C1. The zero-order valence-electron chi connectivity index (χ0n) is 13.3. The van der Waals surface area contributed by atoms with Crippen LogP contribution in [0.1, 0.15) is 33.3 Å². The minimum absolute atomic E-state index is 0.108. The Hall–Kier alpha value is -2.08. The second kappa shape index (κ2) is 5.04. The number of allylic oxidation sites excluding steroid dienone is 1. The van der Waals surface area contributed by atoms with Crippen LogP contribution in [0.15, 0.2) is 48.5 Å². The maximum atomic E-state index is 2.38. The van der Waals surface area contributed by atoms with E-state index in [4.69, 9.17) is 0 Å². The van der Waals surface area contributed by atoms with Gasteiger partial charge in [-0.2, -0.15) is 0 Å². The van der Waals surface area contributed by atoms with E-state index in [-0.39, 0.29) is 5.41 Å². The molecule has 0 amide bonds. The zero-order chi connectivity index (χ0) is 15.0. The molecule has 21 heavy (non-hydrogen) atoms. The molecule has 3 aromatic rings. The van der Waals surface area contributed by atoms with E-state index in [0.717, 1.165) is 0 Å². The third-order valence-corrected chi connectivity index (χ3v) is 4.06. The van der Waals surface area contributed by atoms with Gasteiger partial charge in [-0.15, -0.1) is 0 Å². The summed E-state index contributed by atoms with van der Waals surface area (Å²) >= 11 is 0. The standard InChI is InChI=1S/C19H16.C2H6/c1-19(2)11-10-15-7-6-13-4-3-5-14-8-9-16(12-19)18(15)17(13)14;1-2/h3-12H,1-2H3;1-2H3. The summed E-state index contributed by atoms with van der Waals surface area (Å²) in [5.41, 5.74) is 1.44. The maximum Gasteiger partial charge on any atom is 0.00169 e. The molecule has 0 nitrogen and oxygen atoms in total. The van der Waals surface area contributed by atoms with Crippen LogP contribution in [0.3, 0.4) is 0 Å². The first-order valence-corrected chi connectivity index (χ1v) is 7.80. The van der Waals surface area contributed by atoms with Gasteiger partial charge in [-0.05, 0) is 32.3 Å². The molecule has 0 aromatic heterocycles. The molecule has 0 bridgehead atoms. The monoisotopic (exact) mass is 274 g/mol. The van der Waals surface area contributed by atoms with Crippen molar-refractivity contribution in [3.8, 4) is 0 Å². The Morgan fingerprint density at radius 2 is 1.43 bits per heavy atom. The molecule has 1 aliphatic rings. The third kappa shape index (κ3) is 2.25. The molecule has 0 saturated carbocycles. The summed E-state index contributed by atoms with van der Waals surface area (Å²) in [6.45, 7) is 8.52. The van der Waals surface area contributed by atoms with Crippen LogP contribution in [0.25, 0.3) is 33.7 Å². The Labute approximate surface area is 126 Å². The molecule has 0 spiro atoms. The summed E-state index contributed by atoms with van der Waals surface area (Å²) < 4.78 is 0. The molecule has 0 aliphatic heterocycles. The molecular formula is C21H22. The van der Waals surface area contributed by atoms with E-state index in [9.17, 15) is 0 Å². The Morgan fingerprint density at radius 3 is 2.14 bits per heavy atom. The highest BCUT2D eigenvalue weighted by Crippen LogP contribution is 2.31. The van der Waals surface area contributed by atoms with Crippen molar-refractivity contribution in [3.63, 3.8) is 0 Å². The number of benzene rings is 3. The van der Waals surface area contributed by atoms with Crippen LogP contribution < -0.4 is 5.22 Å². The van der Waals surface area contributed by atoms with E-state index in [1.54, 1.807) is 0 Å². The van der Waals surface area contributed by atoms with Gasteiger partial charge in [-0.3, -0.25) is 0 Å². The van der Waals surface area contributed by atoms with E-state index >= 15 is 0 Å². The molecule has 0 atom stereocenters. The minimum Gasteiger partial charge on any atom is -0.0744 e. The summed E-state index contributed by atoms with van der Waals surface area (Å²) in [5, 5.41) is 6.82. The van der Waals surface area contributed by atoms with Gasteiger partial charge in [0.15, 0.2) is 0 Å². The molecule has 0 fully saturated rings. The first-order valence-electron chi connectivity index (χ1n) is 7.80. The predicted octanol–water partition coefficient (Wildman–Crippen LogP) is 5.57. The topological polar surface area (TPSA) is 0 Å². The van der Waals surface area contributed by atoms with Gasteiger partial charge in [-0.1, -0.05) is 88.4 Å². The average molecular weight is 274 g/mol. The molecule has 0 unspecified atom stereocenters. The predicted molar refractivity (Wildman–Crippen MR) is 95.3 cm³/mol. The molecule has 4 rings (SSSR count). The lowest BCUT2D eigenvalue weighted by atomic mass is 9.92. The fourth-order valence-electron chi connectivity index (χ4n) is 3.15. The van der Waals surface area contributed by atoms with Gasteiger partial charge in [0.05, 0.1) is 0 Å². The van der Waals surface area contributed by atoms with Crippen LogP contribution in [0, 0.1) is 5.41 Å². The summed E-state index contributed by atoms with van der Waals surface area (Å²) in [6.07, 6.45) is 6.95. The average Bonchev–Trinajstić information content (AvgIpc) is 2.64. The fraction of sp³-hybridized carbons (Fsp3) is 0.238. The molecular weight excluding hydrogens is 252 g/mol. The molecule has 3 aromatic carbocycles. The van der Waals surface area contributed by atoms with Crippen molar-refractivity contribution in [1.29, 1.82) is 0 Å². The first kappa shape index (κ1) is 13.9. The first-order chi connectivity index (χ1) is 10.1. The van der Waals surface area contributed by atoms with E-state index < -0.39 is 0 Å². The smallest absolute Gasteiger partial charge is 0.00169 e. The molecule has 0 heteroatoms. The Morgan fingerprint density at radius 1 is 0.762 bits per heavy atom. The van der Waals surface area contributed by atoms with Crippen molar-refractivity contribution in [3.05, 3.63) is 59.3 Å². The van der Waals surface area contributed by atoms with E-state index in [0.29, 0.717) is 0 Å². The van der Waals surface area contributed by atoms with Crippen LogP contribution in [0.4, 0.5) is 0 Å². The fourth-order valence-corrected chi connectivity index (χ4v) is 3.15. The van der Waals surface area contributed by atoms with Gasteiger partial charge < -0.3 is 0 Å². The summed E-state index contributed by atoms with van der Waals surface area (Å²) in [6, 6.07) is 15.5. The van der Waals surface area contributed by atoms with Crippen molar-refractivity contribution in [1.82, 2.24) is 0 Å². The molecule has 0 N–H and O–H groups in total. The minimum atomic E-state index is 0.108. The van der Waals surface area contributed by atoms with Crippen LogP contribution in [-0.4, -0.2) is 0 Å². The van der Waals surface area contributed by atoms with Gasteiger partial charge in [0.2, 0.25) is 0 Å². The lowest BCUT2D eigenvalue weighted by molar-refractivity contribution is 0.674. The van der Waals surface area contributed by atoms with E-state index in [1.807, 2.05) is 13.8 Å². The maximum absolute atomic E-state index is 2.38. The van der Waals surface area contributed by atoms with Crippen LogP contribution in [0.2, 0.25) is 0 Å². The van der Waals surface area contributed by atoms with Crippen LogP contribution in [-0.2, 0) is 0 Å². The Balaban J connectivity index is 0.000000636. The van der Waals surface area contributed by atoms with Crippen molar-refractivity contribution in [2.75, 3.05) is 0 Å². The summed E-state index contributed by atoms with van der Waals surface area (Å²) in [5.74, 6) is 0. The van der Waals surface area contributed by atoms with Crippen LogP contribution in [0.5, 0.6) is 0 Å². The highest BCUT2D eigenvalue weighted by molar-refractivity contribution is 6.13. The van der Waals surface area contributed by atoms with E-state index in [2.05, 4.69) is 74.5 Å². The quantitative estimate of drug-likeness (QED) is 0.502. The summed E-state index contributed by atoms with van der Waals surface area (Å²) in [7, 11) is 0. The normalized spacial score (nSPS) is 15.2. The largest absolute Gasteiger partial charge is 0.0744 e. The second-order valence-corrected chi connectivity index (χ2v) is 6.06. The molecule has 0 radical (unpaired) electrons. The Kier molecular flexibility index (Phi) is 3.33. The van der Waals surface area contributed by atoms with Crippen molar-refractivity contribution >= 4 is 33.7 Å². The number of hydrogen-bond acceptors (Lipinski definition) is 0.